The highest BCUT2D eigenvalue weighted by molar-refractivity contribution is 7.79. The number of aromatic nitrogens is 1. The summed E-state index contributed by atoms with van der Waals surface area (Å²) in [7, 11) is -0.678. The van der Waals surface area contributed by atoms with Crippen molar-refractivity contribution in [1.82, 2.24) is 4.57 Å². The Hall–Kier alpha value is -5.95. The lowest BCUT2D eigenvalue weighted by Gasteiger charge is -2.21. The van der Waals surface area contributed by atoms with Crippen molar-refractivity contribution in [2.45, 2.75) is 0 Å². The molecule has 0 unspecified atom stereocenters. The first-order chi connectivity index (χ1) is 24.3. The van der Waals surface area contributed by atoms with Gasteiger partial charge in [0.25, 0.3) is 0 Å². The van der Waals surface area contributed by atoms with Crippen molar-refractivity contribution in [3.63, 3.8) is 0 Å². The quantitative estimate of drug-likeness (QED) is 0.157. The average molecular weight is 646 g/mol. The van der Waals surface area contributed by atoms with E-state index in [0.29, 0.717) is 0 Å². The molecule has 0 N–H and O–H groups in total. The van der Waals surface area contributed by atoms with Crippen LogP contribution >= 0.6 is 7.92 Å². The smallest absolute Gasteiger partial charge is 0.135 e. The largest absolute Gasteiger partial charge is 0.456 e. The molecule has 0 amide bonds. The first-order valence-electron chi connectivity index (χ1n) is 16.6. The first kappa shape index (κ1) is 29.2. The predicted octanol–water partition coefficient (Wildman–Crippen LogP) is 11.1. The Morgan fingerprint density at radius 1 is 0.551 bits per heavy atom. The molecule has 1 aromatic heterocycles. The Morgan fingerprint density at radius 2 is 1.22 bits per heavy atom. The van der Waals surface area contributed by atoms with Crippen molar-refractivity contribution in [3.8, 4) is 28.3 Å². The first-order valence-corrected chi connectivity index (χ1v) is 17.9. The van der Waals surface area contributed by atoms with E-state index in [-0.39, 0.29) is 0 Å². The fourth-order valence-corrected chi connectivity index (χ4v) is 9.44. The van der Waals surface area contributed by atoms with Crippen LogP contribution in [0.1, 0.15) is 16.8 Å². The Balaban J connectivity index is 1.11. The van der Waals surface area contributed by atoms with Gasteiger partial charge in [-0.1, -0.05) is 146 Å². The molecule has 9 rings (SSSR count). The lowest BCUT2D eigenvalue weighted by molar-refractivity contribution is 0.487. The van der Waals surface area contributed by atoms with E-state index in [2.05, 4.69) is 187 Å². The topological polar surface area (TPSA) is 14.2 Å². The van der Waals surface area contributed by atoms with Gasteiger partial charge in [0, 0.05) is 27.6 Å². The molecule has 3 heteroatoms. The molecule has 0 fully saturated rings. The molecule has 0 radical (unpaired) electrons. The molecular weight excluding hydrogens is 613 g/mol. The highest BCUT2D eigenvalue weighted by Crippen LogP contribution is 2.46. The van der Waals surface area contributed by atoms with Gasteiger partial charge in [-0.05, 0) is 82.8 Å². The third-order valence-corrected chi connectivity index (χ3v) is 11.8. The molecule has 232 valence electrons. The fraction of sp³-hybridized carbons (Fsp3) is 0. The number of ether oxygens (including phenoxy) is 1. The summed E-state index contributed by atoms with van der Waals surface area (Å²) in [5.41, 5.74) is 7.92. The maximum Gasteiger partial charge on any atom is 0.135 e. The van der Waals surface area contributed by atoms with Gasteiger partial charge in [0.1, 0.15) is 11.5 Å². The van der Waals surface area contributed by atoms with Crippen LogP contribution in [-0.4, -0.2) is 4.57 Å². The Labute approximate surface area is 287 Å². The number of hydrogen-bond donors (Lipinski definition) is 0. The van der Waals surface area contributed by atoms with Gasteiger partial charge in [0.15, 0.2) is 0 Å². The van der Waals surface area contributed by atoms with Gasteiger partial charge in [0.2, 0.25) is 0 Å². The Morgan fingerprint density at radius 3 is 1.96 bits per heavy atom. The normalized spacial score (nSPS) is 12.0. The van der Waals surface area contributed by atoms with E-state index in [1.165, 1.54) is 37.6 Å². The minimum atomic E-state index is -0.678. The second-order valence-corrected chi connectivity index (χ2v) is 14.4. The number of hydrogen-bond acceptors (Lipinski definition) is 1. The molecule has 8 aromatic rings. The maximum atomic E-state index is 6.35. The van der Waals surface area contributed by atoms with Crippen LogP contribution in [0.15, 0.2) is 170 Å². The molecule has 0 saturated carbocycles. The molecule has 0 bridgehead atoms. The van der Waals surface area contributed by atoms with E-state index in [1.807, 2.05) is 6.08 Å². The molecule has 2 nitrogen and oxygen atoms in total. The van der Waals surface area contributed by atoms with Gasteiger partial charge >= 0.3 is 0 Å². The molecular formula is C46H32NOP. The van der Waals surface area contributed by atoms with E-state index in [4.69, 9.17) is 4.74 Å². The van der Waals surface area contributed by atoms with Crippen molar-refractivity contribution in [2.24, 2.45) is 0 Å². The van der Waals surface area contributed by atoms with Gasteiger partial charge < -0.3 is 9.30 Å². The lowest BCUT2D eigenvalue weighted by Crippen LogP contribution is -2.20. The molecule has 49 heavy (non-hydrogen) atoms. The Kier molecular flexibility index (Phi) is 7.30. The molecule has 7 aromatic carbocycles. The van der Waals surface area contributed by atoms with Crippen molar-refractivity contribution in [3.05, 3.63) is 187 Å². The zero-order valence-electron chi connectivity index (χ0n) is 26.8. The average Bonchev–Trinajstić information content (AvgIpc) is 3.49. The lowest BCUT2D eigenvalue weighted by atomic mass is 9.93. The van der Waals surface area contributed by atoms with Crippen LogP contribution in [0.3, 0.4) is 0 Å². The summed E-state index contributed by atoms with van der Waals surface area (Å²) in [6.45, 7) is 4.29. The zero-order chi connectivity index (χ0) is 32.7. The van der Waals surface area contributed by atoms with Gasteiger partial charge in [-0.25, -0.2) is 0 Å². The van der Waals surface area contributed by atoms with Crippen molar-refractivity contribution >= 4 is 63.7 Å². The van der Waals surface area contributed by atoms with Gasteiger partial charge in [-0.2, -0.15) is 0 Å². The van der Waals surface area contributed by atoms with Gasteiger partial charge in [-0.3, -0.25) is 0 Å². The van der Waals surface area contributed by atoms with Crippen LogP contribution in [-0.2, 0) is 0 Å². The van der Waals surface area contributed by atoms with Crippen LogP contribution in [0.4, 0.5) is 0 Å². The minimum Gasteiger partial charge on any atom is -0.456 e. The van der Waals surface area contributed by atoms with Gasteiger partial charge in [-0.15, -0.1) is 0 Å². The number of rotatable bonds is 7. The minimum absolute atomic E-state index is 0.678. The fourth-order valence-electron chi connectivity index (χ4n) is 7.16. The van der Waals surface area contributed by atoms with Gasteiger partial charge in [0.05, 0.1) is 11.2 Å². The van der Waals surface area contributed by atoms with Crippen LogP contribution in [0.25, 0.3) is 56.7 Å². The summed E-state index contributed by atoms with van der Waals surface area (Å²) < 4.78 is 8.68. The molecule has 1 aliphatic heterocycles. The summed E-state index contributed by atoms with van der Waals surface area (Å²) in [5, 5.41) is 7.56. The van der Waals surface area contributed by atoms with Crippen LogP contribution in [0, 0.1) is 0 Å². The summed E-state index contributed by atoms with van der Waals surface area (Å²) >= 11 is 0. The number of benzene rings is 7. The molecule has 2 heterocycles. The summed E-state index contributed by atoms with van der Waals surface area (Å²) in [5.74, 6) is 1.80. The third-order valence-electron chi connectivity index (χ3n) is 9.36. The molecule has 0 saturated heterocycles. The molecule has 0 spiro atoms. The van der Waals surface area contributed by atoms with Crippen LogP contribution < -0.4 is 20.7 Å². The maximum absolute atomic E-state index is 6.35. The molecule has 0 atom stereocenters. The second-order valence-electron chi connectivity index (χ2n) is 12.2. The highest BCUT2D eigenvalue weighted by atomic mass is 31.1. The van der Waals surface area contributed by atoms with Crippen molar-refractivity contribution < 1.29 is 4.74 Å². The van der Waals surface area contributed by atoms with E-state index >= 15 is 0 Å². The summed E-state index contributed by atoms with van der Waals surface area (Å²) in [6.07, 6.45) is 6.41. The van der Waals surface area contributed by atoms with E-state index < -0.39 is 7.92 Å². The number of fused-ring (bicyclic) bond motifs is 3. The third kappa shape index (κ3) is 5.10. The summed E-state index contributed by atoms with van der Waals surface area (Å²) in [4.78, 5) is 0. The summed E-state index contributed by atoms with van der Waals surface area (Å²) in [6, 6.07) is 58.6. The SMILES string of the molecule is C=Cc1c(/C=C/c2ccc3c(c2)-c2cccc4cccc(c24)O3)c2ccccc2n1-c1ccc(P(c2ccccc2)c2ccccc2)cc1. The zero-order valence-corrected chi connectivity index (χ0v) is 27.7. The van der Waals surface area contributed by atoms with E-state index in [1.54, 1.807) is 0 Å². The van der Waals surface area contributed by atoms with Crippen LogP contribution in [0.5, 0.6) is 11.5 Å². The molecule has 1 aliphatic rings. The number of para-hydroxylation sites is 1. The van der Waals surface area contributed by atoms with Crippen molar-refractivity contribution in [1.29, 1.82) is 0 Å². The van der Waals surface area contributed by atoms with E-state index in [0.717, 1.165) is 45.1 Å². The Bertz CT molecular complexity index is 2480. The molecule has 0 aliphatic carbocycles. The number of nitrogens with zero attached hydrogens (tertiary/aromatic N) is 1. The highest BCUT2D eigenvalue weighted by Gasteiger charge is 2.21. The monoisotopic (exact) mass is 645 g/mol. The van der Waals surface area contributed by atoms with E-state index in [9.17, 15) is 0 Å². The van der Waals surface area contributed by atoms with Crippen molar-refractivity contribution in [2.75, 3.05) is 0 Å². The standard InChI is InChI=1S/C46H32NOP/c1-2-42-39(29-23-32-24-30-44-41(31-32)40-20-11-13-33-14-12-22-45(48-44)46(33)40)38-19-9-10-21-43(38)47(42)34-25-27-37(28-26-34)49(35-15-5-3-6-16-35)36-17-7-4-8-18-36/h2-31H,1H2/b29-23+. The predicted molar refractivity (Wildman–Crippen MR) is 210 cm³/mol. The van der Waals surface area contributed by atoms with Crippen LogP contribution in [0.2, 0.25) is 0 Å². The second kappa shape index (κ2) is 12.3.